The van der Waals surface area contributed by atoms with E-state index in [0.717, 1.165) is 78.0 Å². The highest BCUT2D eigenvalue weighted by Gasteiger charge is 2.16. The first-order valence-electron chi connectivity index (χ1n) is 15.7. The molecule has 0 amide bonds. The van der Waals surface area contributed by atoms with Gasteiger partial charge in [-0.05, 0) is 35.4 Å². The third-order valence-corrected chi connectivity index (χ3v) is 8.64. The molecule has 0 fully saturated rings. The molecule has 0 bridgehead atoms. The van der Waals surface area contributed by atoms with E-state index in [1.54, 1.807) is 0 Å². The molecule has 0 aliphatic heterocycles. The van der Waals surface area contributed by atoms with Crippen LogP contribution in [0.3, 0.4) is 0 Å². The molecule has 9 aromatic rings. The van der Waals surface area contributed by atoms with Crippen LogP contribution in [-0.2, 0) is 0 Å². The number of benzene rings is 5. The summed E-state index contributed by atoms with van der Waals surface area (Å²) in [7, 11) is 0. The zero-order chi connectivity index (χ0) is 31.2. The quantitative estimate of drug-likeness (QED) is 0.197. The van der Waals surface area contributed by atoms with Crippen LogP contribution in [0.1, 0.15) is 0 Å². The van der Waals surface area contributed by atoms with Crippen molar-refractivity contribution < 1.29 is 0 Å². The number of rotatable bonds is 5. The highest BCUT2D eigenvalue weighted by Crippen LogP contribution is 2.35. The molecule has 0 radical (unpaired) electrons. The van der Waals surface area contributed by atoms with E-state index in [1.165, 1.54) is 0 Å². The molecule has 47 heavy (non-hydrogen) atoms. The molecular weight excluding hydrogens is 574 g/mol. The Morgan fingerprint density at radius 2 is 0.979 bits per heavy atom. The van der Waals surface area contributed by atoms with Crippen LogP contribution in [0.2, 0.25) is 0 Å². The lowest BCUT2D eigenvalue weighted by Gasteiger charge is -2.11. The Morgan fingerprint density at radius 1 is 0.383 bits per heavy atom. The average molecular weight is 602 g/mol. The Balaban J connectivity index is 1.12. The van der Waals surface area contributed by atoms with Crippen LogP contribution in [0.15, 0.2) is 164 Å². The molecule has 0 unspecified atom stereocenters. The van der Waals surface area contributed by atoms with Crippen molar-refractivity contribution in [2.45, 2.75) is 0 Å². The number of pyridine rings is 2. The third kappa shape index (κ3) is 4.82. The largest absolute Gasteiger partial charge is 0.284 e. The molecule has 0 aliphatic carbocycles. The zero-order valence-electron chi connectivity index (χ0n) is 25.3. The Morgan fingerprint density at radius 3 is 1.70 bits per heavy atom. The summed E-state index contributed by atoms with van der Waals surface area (Å²) in [5.41, 5.74) is 11.8. The first-order valence-corrected chi connectivity index (χ1v) is 15.7. The Labute approximate surface area is 271 Å². The van der Waals surface area contributed by atoms with Gasteiger partial charge in [-0.1, -0.05) is 133 Å². The topological polar surface area (TPSA) is 56.0 Å². The van der Waals surface area contributed by atoms with Gasteiger partial charge in [-0.25, -0.2) is 19.9 Å². The van der Waals surface area contributed by atoms with Gasteiger partial charge in [-0.3, -0.25) is 4.40 Å². The van der Waals surface area contributed by atoms with E-state index in [1.807, 2.05) is 60.8 Å². The second-order valence-corrected chi connectivity index (χ2v) is 11.6. The molecule has 220 valence electrons. The van der Waals surface area contributed by atoms with Gasteiger partial charge < -0.3 is 0 Å². The minimum Gasteiger partial charge on any atom is -0.284 e. The van der Waals surface area contributed by atoms with Crippen molar-refractivity contribution in [3.8, 4) is 56.3 Å². The van der Waals surface area contributed by atoms with E-state index in [-0.39, 0.29) is 0 Å². The number of fused-ring (bicyclic) bond motifs is 5. The van der Waals surface area contributed by atoms with Crippen LogP contribution in [-0.4, -0.2) is 24.3 Å². The molecule has 0 saturated heterocycles. The molecule has 0 aliphatic rings. The number of hydrogen-bond acceptors (Lipinski definition) is 4. The Kier molecular flexibility index (Phi) is 6.39. The van der Waals surface area contributed by atoms with Gasteiger partial charge in [0.25, 0.3) is 0 Å². The Bertz CT molecular complexity index is 2500. The van der Waals surface area contributed by atoms with Crippen molar-refractivity contribution in [3.63, 3.8) is 0 Å². The predicted octanol–water partition coefficient (Wildman–Crippen LogP) is 10.2. The van der Waals surface area contributed by atoms with Crippen LogP contribution in [0.5, 0.6) is 0 Å². The van der Waals surface area contributed by atoms with Gasteiger partial charge in [0, 0.05) is 39.2 Å². The van der Waals surface area contributed by atoms with Crippen molar-refractivity contribution in [1.29, 1.82) is 0 Å². The van der Waals surface area contributed by atoms with Crippen molar-refractivity contribution in [2.24, 2.45) is 0 Å². The lowest BCUT2D eigenvalue weighted by molar-refractivity contribution is 1.18. The maximum atomic E-state index is 5.20. The maximum absolute atomic E-state index is 5.20. The molecule has 5 aromatic carbocycles. The van der Waals surface area contributed by atoms with Crippen LogP contribution >= 0.6 is 0 Å². The lowest BCUT2D eigenvalue weighted by atomic mass is 9.98. The van der Waals surface area contributed by atoms with Crippen molar-refractivity contribution in [3.05, 3.63) is 164 Å². The number of imidazole rings is 1. The standard InChI is InChI=1S/C42H27N5/c1-3-12-29(13-4-1)36-27-37(30-14-5-2-6-15-30)44-41(43-36)31-23-21-28(22-24-31)32-16-11-17-33(26-32)39-34-18-7-8-19-35(34)40-42(46-39)47-25-10-9-20-38(47)45-40/h1-27H. The van der Waals surface area contributed by atoms with Gasteiger partial charge in [0.05, 0.1) is 17.1 Å². The van der Waals surface area contributed by atoms with Gasteiger partial charge in [0.1, 0.15) is 11.2 Å². The highest BCUT2D eigenvalue weighted by atomic mass is 15.1. The fourth-order valence-corrected chi connectivity index (χ4v) is 6.30. The molecule has 0 spiro atoms. The summed E-state index contributed by atoms with van der Waals surface area (Å²) in [6.45, 7) is 0. The molecule has 5 heteroatoms. The summed E-state index contributed by atoms with van der Waals surface area (Å²) in [5, 5.41) is 2.18. The van der Waals surface area contributed by atoms with Crippen LogP contribution in [0.25, 0.3) is 83.9 Å². The van der Waals surface area contributed by atoms with Crippen molar-refractivity contribution in [2.75, 3.05) is 0 Å². The minimum atomic E-state index is 0.697. The highest BCUT2D eigenvalue weighted by molar-refractivity contribution is 6.09. The average Bonchev–Trinajstić information content (AvgIpc) is 3.54. The summed E-state index contributed by atoms with van der Waals surface area (Å²) in [4.78, 5) is 20.1. The van der Waals surface area contributed by atoms with Gasteiger partial charge in [-0.15, -0.1) is 0 Å². The molecule has 4 heterocycles. The molecule has 9 rings (SSSR count). The summed E-state index contributed by atoms with van der Waals surface area (Å²) in [6.07, 6.45) is 2.02. The zero-order valence-corrected chi connectivity index (χ0v) is 25.3. The van der Waals surface area contributed by atoms with E-state index in [4.69, 9.17) is 19.9 Å². The monoisotopic (exact) mass is 601 g/mol. The first-order chi connectivity index (χ1) is 23.3. The molecule has 5 nitrogen and oxygen atoms in total. The van der Waals surface area contributed by atoms with Gasteiger partial charge in [0.15, 0.2) is 11.5 Å². The lowest BCUT2D eigenvalue weighted by Crippen LogP contribution is -1.96. The van der Waals surface area contributed by atoms with Crippen LogP contribution < -0.4 is 0 Å². The normalized spacial score (nSPS) is 11.4. The summed E-state index contributed by atoms with van der Waals surface area (Å²) >= 11 is 0. The second-order valence-electron chi connectivity index (χ2n) is 11.6. The second kappa shape index (κ2) is 11.2. The number of aromatic nitrogens is 5. The number of hydrogen-bond donors (Lipinski definition) is 0. The smallest absolute Gasteiger partial charge is 0.165 e. The van der Waals surface area contributed by atoms with Crippen molar-refractivity contribution >= 4 is 27.6 Å². The number of nitrogens with zero attached hydrogens (tertiary/aromatic N) is 5. The molecule has 0 atom stereocenters. The summed E-state index contributed by atoms with van der Waals surface area (Å²) in [6, 6.07) is 54.2. The van der Waals surface area contributed by atoms with Crippen molar-refractivity contribution in [1.82, 2.24) is 24.3 Å². The van der Waals surface area contributed by atoms with Crippen LogP contribution in [0.4, 0.5) is 0 Å². The molecule has 0 saturated carbocycles. The SMILES string of the molecule is c1ccc(-c2cc(-c3ccccc3)nc(-c3ccc(-c4cccc(-c5nc6c(nc7ccccn76)c6ccccc56)c4)cc3)n2)cc1. The van der Waals surface area contributed by atoms with E-state index in [2.05, 4.69) is 108 Å². The van der Waals surface area contributed by atoms with E-state index in [9.17, 15) is 0 Å². The summed E-state index contributed by atoms with van der Waals surface area (Å²) in [5.74, 6) is 0.697. The van der Waals surface area contributed by atoms with Gasteiger partial charge in [-0.2, -0.15) is 0 Å². The maximum Gasteiger partial charge on any atom is 0.165 e. The van der Waals surface area contributed by atoms with E-state index in [0.29, 0.717) is 5.82 Å². The molecule has 0 N–H and O–H groups in total. The third-order valence-electron chi connectivity index (χ3n) is 8.64. The van der Waals surface area contributed by atoms with Gasteiger partial charge >= 0.3 is 0 Å². The predicted molar refractivity (Wildman–Crippen MR) is 191 cm³/mol. The first kappa shape index (κ1) is 26.9. The molecular formula is C42H27N5. The fourth-order valence-electron chi connectivity index (χ4n) is 6.30. The Hall–Kier alpha value is -6.46. The van der Waals surface area contributed by atoms with Crippen LogP contribution in [0, 0.1) is 0 Å². The molecule has 4 aromatic heterocycles. The van der Waals surface area contributed by atoms with E-state index >= 15 is 0 Å². The van der Waals surface area contributed by atoms with Gasteiger partial charge in [0.2, 0.25) is 0 Å². The summed E-state index contributed by atoms with van der Waals surface area (Å²) < 4.78 is 2.06. The fraction of sp³-hybridized carbons (Fsp3) is 0. The minimum absolute atomic E-state index is 0.697. The van der Waals surface area contributed by atoms with E-state index < -0.39 is 0 Å².